The van der Waals surface area contributed by atoms with E-state index in [0.29, 0.717) is 5.69 Å². The molecular formula is C14H9BF4N2. The van der Waals surface area contributed by atoms with Gasteiger partial charge in [0.05, 0.1) is 5.39 Å². The first-order valence-electron chi connectivity index (χ1n) is 6.02. The number of hydrogen-bond acceptors (Lipinski definition) is 1. The van der Waals surface area contributed by atoms with Crippen LogP contribution in [0.5, 0.6) is 0 Å². The van der Waals surface area contributed by atoms with Crippen LogP contribution in [0, 0.1) is 5.39 Å². The molecule has 0 heterocycles. The highest BCUT2D eigenvalue weighted by molar-refractivity contribution is 6.50. The molecule has 3 aromatic carbocycles. The van der Waals surface area contributed by atoms with E-state index in [-0.39, 0.29) is 0 Å². The van der Waals surface area contributed by atoms with Crippen molar-refractivity contribution in [3.05, 3.63) is 59.6 Å². The summed E-state index contributed by atoms with van der Waals surface area (Å²) in [6.07, 6.45) is 0. The second-order valence-electron chi connectivity index (χ2n) is 4.29. The summed E-state index contributed by atoms with van der Waals surface area (Å²) in [7, 11) is -6.00. The van der Waals surface area contributed by atoms with E-state index in [4.69, 9.17) is 5.39 Å². The molecule has 0 spiro atoms. The molecule has 0 aliphatic carbocycles. The van der Waals surface area contributed by atoms with Crippen molar-refractivity contribution < 1.29 is 17.3 Å². The Kier molecular flexibility index (Phi) is 4.08. The lowest BCUT2D eigenvalue weighted by Gasteiger charge is -1.99. The molecule has 2 nitrogen and oxygen atoms in total. The second kappa shape index (κ2) is 5.79. The summed E-state index contributed by atoms with van der Waals surface area (Å²) < 4.78 is 39.0. The second-order valence-corrected chi connectivity index (χ2v) is 4.29. The lowest BCUT2D eigenvalue weighted by Crippen LogP contribution is -2.02. The molecule has 21 heavy (non-hydrogen) atoms. The maximum absolute atomic E-state index is 9.75. The molecular weight excluding hydrogens is 283 g/mol. The van der Waals surface area contributed by atoms with Crippen LogP contribution in [0.4, 0.5) is 23.0 Å². The molecule has 7 heteroatoms. The first-order valence-corrected chi connectivity index (χ1v) is 6.02. The summed E-state index contributed by atoms with van der Waals surface area (Å²) in [4.78, 5) is 3.31. The van der Waals surface area contributed by atoms with Gasteiger partial charge in [0, 0.05) is 6.07 Å². The third-order valence-electron chi connectivity index (χ3n) is 2.83. The summed E-state index contributed by atoms with van der Waals surface area (Å²) in [5, 5.41) is 13.4. The van der Waals surface area contributed by atoms with Gasteiger partial charge in [-0.15, -0.1) is 0 Å². The standard InChI is InChI=1S/C14H9N2.BF4/c15-16-14-7-3-6-12-8-10-4-1-2-5-11(10)9-13(12)14;2-1(3,4)5/h1-9H;/q+1;-1. The number of nitrogens with zero attached hydrogens (tertiary/aromatic N) is 2. The predicted octanol–water partition coefficient (Wildman–Crippen LogP) is 5.78. The highest BCUT2D eigenvalue weighted by Gasteiger charge is 2.20. The van der Waals surface area contributed by atoms with E-state index in [2.05, 4.69) is 29.2 Å². The summed E-state index contributed by atoms with van der Waals surface area (Å²) in [5.74, 6) is 0. The van der Waals surface area contributed by atoms with Crippen LogP contribution in [0.3, 0.4) is 0 Å². The van der Waals surface area contributed by atoms with Crippen molar-refractivity contribution in [1.82, 2.24) is 0 Å². The van der Waals surface area contributed by atoms with Gasteiger partial charge < -0.3 is 17.3 Å². The van der Waals surface area contributed by atoms with E-state index in [1.165, 1.54) is 5.39 Å². The molecule has 3 rings (SSSR count). The van der Waals surface area contributed by atoms with Crippen molar-refractivity contribution in [2.24, 2.45) is 0 Å². The van der Waals surface area contributed by atoms with Crippen molar-refractivity contribution >= 4 is 34.5 Å². The molecule has 3 aromatic rings. The van der Waals surface area contributed by atoms with Gasteiger partial charge in [0.25, 0.3) is 0 Å². The van der Waals surface area contributed by atoms with Gasteiger partial charge in [0.1, 0.15) is 0 Å². The lowest BCUT2D eigenvalue weighted by molar-refractivity contribution is 0.368. The van der Waals surface area contributed by atoms with E-state index >= 15 is 0 Å². The van der Waals surface area contributed by atoms with Gasteiger partial charge in [-0.25, -0.2) is 0 Å². The fourth-order valence-corrected chi connectivity index (χ4v) is 2.04. The topological polar surface area (TPSA) is 28.1 Å². The smallest absolute Gasteiger partial charge is 0.418 e. The largest absolute Gasteiger partial charge is 0.673 e. The van der Waals surface area contributed by atoms with Gasteiger partial charge in [-0.3, -0.25) is 0 Å². The van der Waals surface area contributed by atoms with Crippen molar-refractivity contribution in [3.63, 3.8) is 0 Å². The van der Waals surface area contributed by atoms with Crippen molar-refractivity contribution in [1.29, 1.82) is 5.39 Å². The number of rotatable bonds is 0. The van der Waals surface area contributed by atoms with E-state index < -0.39 is 7.25 Å². The Hall–Kier alpha value is -2.62. The van der Waals surface area contributed by atoms with Crippen LogP contribution >= 0.6 is 0 Å². The molecule has 0 aromatic heterocycles. The van der Waals surface area contributed by atoms with Gasteiger partial charge in [0.2, 0.25) is 5.39 Å². The molecule has 0 amide bonds. The first-order chi connectivity index (χ1) is 9.88. The minimum Gasteiger partial charge on any atom is -0.418 e. The van der Waals surface area contributed by atoms with Gasteiger partial charge in [-0.1, -0.05) is 36.4 Å². The molecule has 0 atom stereocenters. The Balaban J connectivity index is 0.000000282. The Morgan fingerprint density at radius 2 is 1.29 bits per heavy atom. The molecule has 0 unspecified atom stereocenters. The highest BCUT2D eigenvalue weighted by atomic mass is 19.5. The normalized spacial score (nSPS) is 10.8. The Labute approximate surface area is 117 Å². The molecule has 0 aliphatic heterocycles. The summed E-state index contributed by atoms with van der Waals surface area (Å²) in [6, 6.07) is 18.1. The van der Waals surface area contributed by atoms with Crippen molar-refractivity contribution in [2.75, 3.05) is 0 Å². The van der Waals surface area contributed by atoms with E-state index in [0.717, 1.165) is 16.2 Å². The van der Waals surface area contributed by atoms with Crippen LogP contribution in [0.15, 0.2) is 54.6 Å². The monoisotopic (exact) mass is 292 g/mol. The van der Waals surface area contributed by atoms with Crippen LogP contribution in [-0.2, 0) is 0 Å². The Morgan fingerprint density at radius 3 is 1.86 bits per heavy atom. The van der Waals surface area contributed by atoms with Gasteiger partial charge >= 0.3 is 12.9 Å². The van der Waals surface area contributed by atoms with Crippen LogP contribution in [0.2, 0.25) is 0 Å². The molecule has 0 aliphatic rings. The quantitative estimate of drug-likeness (QED) is 0.223. The van der Waals surface area contributed by atoms with Crippen LogP contribution in [0.1, 0.15) is 0 Å². The third kappa shape index (κ3) is 3.92. The fraction of sp³-hybridized carbons (Fsp3) is 0. The minimum atomic E-state index is -6.00. The number of diazo groups is 1. The predicted molar refractivity (Wildman–Crippen MR) is 76.4 cm³/mol. The highest BCUT2D eigenvalue weighted by Crippen LogP contribution is 2.29. The number of halogens is 4. The zero-order valence-electron chi connectivity index (χ0n) is 10.7. The summed E-state index contributed by atoms with van der Waals surface area (Å²) in [5.41, 5.74) is 0.614. The van der Waals surface area contributed by atoms with E-state index in [9.17, 15) is 17.3 Å². The van der Waals surface area contributed by atoms with Crippen LogP contribution in [-0.4, -0.2) is 7.25 Å². The molecule has 0 N–H and O–H groups in total. The molecule has 0 radical (unpaired) electrons. The average Bonchev–Trinajstić information content (AvgIpc) is 2.42. The zero-order valence-corrected chi connectivity index (χ0v) is 10.7. The third-order valence-corrected chi connectivity index (χ3v) is 2.83. The first kappa shape index (κ1) is 14.8. The molecule has 106 valence electrons. The molecule has 0 saturated heterocycles. The van der Waals surface area contributed by atoms with E-state index in [1.807, 2.05) is 24.3 Å². The maximum Gasteiger partial charge on any atom is 0.673 e. The fourth-order valence-electron chi connectivity index (χ4n) is 2.04. The van der Waals surface area contributed by atoms with E-state index in [1.54, 1.807) is 6.07 Å². The number of hydrogen-bond donors (Lipinski definition) is 0. The minimum absolute atomic E-state index is 0.614. The number of fused-ring (bicyclic) bond motifs is 2. The number of benzene rings is 3. The van der Waals surface area contributed by atoms with Gasteiger partial charge in [0.15, 0.2) is 4.98 Å². The molecule has 0 bridgehead atoms. The molecule has 0 fully saturated rings. The zero-order chi connectivity index (χ0) is 15.5. The van der Waals surface area contributed by atoms with Crippen LogP contribution in [0.25, 0.3) is 26.5 Å². The van der Waals surface area contributed by atoms with Crippen molar-refractivity contribution in [2.45, 2.75) is 0 Å². The lowest BCUT2D eigenvalue weighted by atomic mass is 10.0. The molecule has 0 saturated carbocycles. The summed E-state index contributed by atoms with van der Waals surface area (Å²) in [6.45, 7) is 0. The Bertz CT molecular complexity index is 818. The van der Waals surface area contributed by atoms with Gasteiger partial charge in [-0.2, -0.15) is 0 Å². The van der Waals surface area contributed by atoms with Crippen LogP contribution < -0.4 is 0 Å². The average molecular weight is 292 g/mol. The SMILES string of the molecule is F[B-](F)(F)F.N#[N+]c1cccc2cc3ccccc3cc12. The van der Waals surface area contributed by atoms with Crippen molar-refractivity contribution in [3.8, 4) is 0 Å². The summed E-state index contributed by atoms with van der Waals surface area (Å²) >= 11 is 0. The van der Waals surface area contributed by atoms with Gasteiger partial charge in [-0.05, 0) is 28.3 Å². The maximum atomic E-state index is 9.75. The Morgan fingerprint density at radius 1 is 0.762 bits per heavy atom.